The monoisotopic (exact) mass is 318 g/mol. The summed E-state index contributed by atoms with van der Waals surface area (Å²) in [7, 11) is 0. The van der Waals surface area contributed by atoms with E-state index in [0.717, 1.165) is 19.0 Å². The van der Waals surface area contributed by atoms with Crippen molar-refractivity contribution < 1.29 is 19.0 Å². The van der Waals surface area contributed by atoms with E-state index in [2.05, 4.69) is 20.9 Å². The summed E-state index contributed by atoms with van der Waals surface area (Å²) in [5, 5.41) is 8.91. The van der Waals surface area contributed by atoms with Crippen LogP contribution in [0.2, 0.25) is 0 Å². The predicted molar refractivity (Wildman–Crippen MR) is 65.1 cm³/mol. The number of hydrogen-bond acceptors (Lipinski definition) is 3. The van der Waals surface area contributed by atoms with Gasteiger partial charge in [0.05, 0.1) is 17.2 Å². The summed E-state index contributed by atoms with van der Waals surface area (Å²) in [6.07, 6.45) is 1.38. The number of hydrogen-bond donors (Lipinski definition) is 1. The number of rotatable bonds is 2. The van der Waals surface area contributed by atoms with Crippen molar-refractivity contribution in [2.75, 3.05) is 13.1 Å². The van der Waals surface area contributed by atoms with Crippen molar-refractivity contribution >= 4 is 22.0 Å². The Bertz CT molecular complexity index is 458. The van der Waals surface area contributed by atoms with E-state index in [0.29, 0.717) is 17.6 Å². The van der Waals surface area contributed by atoms with Gasteiger partial charge >= 0.3 is 6.09 Å². The Morgan fingerprint density at radius 2 is 2.44 bits per heavy atom. The maximum Gasteiger partial charge on any atom is 0.407 e. The van der Waals surface area contributed by atoms with Crippen molar-refractivity contribution in [2.24, 2.45) is 0 Å². The molecule has 1 aliphatic rings. The third-order valence-corrected chi connectivity index (χ3v) is 3.27. The van der Waals surface area contributed by atoms with Crippen molar-refractivity contribution in [3.8, 4) is 5.88 Å². The van der Waals surface area contributed by atoms with E-state index in [1.54, 1.807) is 0 Å². The summed E-state index contributed by atoms with van der Waals surface area (Å²) in [5.41, 5.74) is 0. The Morgan fingerprint density at radius 3 is 3.11 bits per heavy atom. The number of ether oxygens (including phenoxy) is 1. The molecular weight excluding hydrogens is 307 g/mol. The van der Waals surface area contributed by atoms with Crippen LogP contribution in [0.3, 0.4) is 0 Å². The molecule has 1 atom stereocenters. The summed E-state index contributed by atoms with van der Waals surface area (Å²) in [4.78, 5) is 16.0. The molecule has 2 heterocycles. The van der Waals surface area contributed by atoms with Crippen LogP contribution in [0.5, 0.6) is 5.88 Å². The van der Waals surface area contributed by atoms with Crippen LogP contribution in [0.1, 0.15) is 12.8 Å². The molecule has 0 aliphatic carbocycles. The minimum absolute atomic E-state index is 0.246. The van der Waals surface area contributed by atoms with Gasteiger partial charge in [0, 0.05) is 6.54 Å². The molecule has 98 valence electrons. The zero-order chi connectivity index (χ0) is 13.1. The standard InChI is InChI=1S/C11H12BrFN2O3/c12-9-4-7(13)5-14-10(9)18-8-2-1-3-15(6-8)11(16)17/h4-5,8H,1-3,6H2,(H,16,17). The minimum atomic E-state index is -0.950. The number of pyridine rings is 1. The van der Waals surface area contributed by atoms with Gasteiger partial charge in [-0.25, -0.2) is 14.2 Å². The second-order valence-electron chi connectivity index (χ2n) is 4.05. The average Bonchev–Trinajstić information content (AvgIpc) is 2.33. The SMILES string of the molecule is O=C(O)N1CCCC(Oc2ncc(F)cc2Br)C1. The van der Waals surface area contributed by atoms with E-state index in [1.165, 1.54) is 11.0 Å². The van der Waals surface area contributed by atoms with Crippen molar-refractivity contribution in [3.63, 3.8) is 0 Å². The Balaban J connectivity index is 2.02. The molecule has 0 bridgehead atoms. The van der Waals surface area contributed by atoms with Gasteiger partial charge in [-0.15, -0.1) is 0 Å². The Morgan fingerprint density at radius 1 is 1.67 bits per heavy atom. The highest BCUT2D eigenvalue weighted by atomic mass is 79.9. The molecule has 2 rings (SSSR count). The summed E-state index contributed by atoms with van der Waals surface area (Å²) < 4.78 is 18.9. The molecule has 1 aromatic rings. The smallest absolute Gasteiger partial charge is 0.407 e. The lowest BCUT2D eigenvalue weighted by Crippen LogP contribution is -2.43. The van der Waals surface area contributed by atoms with Gasteiger partial charge in [-0.05, 0) is 34.8 Å². The number of piperidine rings is 1. The van der Waals surface area contributed by atoms with E-state index in [1.807, 2.05) is 0 Å². The van der Waals surface area contributed by atoms with Crippen LogP contribution in [-0.4, -0.2) is 40.3 Å². The fourth-order valence-corrected chi connectivity index (χ4v) is 2.27. The van der Waals surface area contributed by atoms with Crippen LogP contribution in [0.4, 0.5) is 9.18 Å². The highest BCUT2D eigenvalue weighted by Crippen LogP contribution is 2.25. The quantitative estimate of drug-likeness (QED) is 0.910. The van der Waals surface area contributed by atoms with Gasteiger partial charge < -0.3 is 14.7 Å². The molecule has 0 aromatic carbocycles. The van der Waals surface area contributed by atoms with Crippen molar-refractivity contribution in [2.45, 2.75) is 18.9 Å². The van der Waals surface area contributed by atoms with E-state index in [9.17, 15) is 9.18 Å². The van der Waals surface area contributed by atoms with Crippen LogP contribution in [0.15, 0.2) is 16.7 Å². The summed E-state index contributed by atoms with van der Waals surface area (Å²) in [5.74, 6) is -0.168. The Labute approximate surface area is 112 Å². The van der Waals surface area contributed by atoms with Crippen molar-refractivity contribution in [1.82, 2.24) is 9.88 Å². The number of amides is 1. The normalized spacial score (nSPS) is 19.7. The lowest BCUT2D eigenvalue weighted by Gasteiger charge is -2.30. The van der Waals surface area contributed by atoms with Gasteiger partial charge in [0.25, 0.3) is 0 Å². The maximum atomic E-state index is 12.9. The van der Waals surface area contributed by atoms with Crippen LogP contribution in [0, 0.1) is 5.82 Å². The minimum Gasteiger partial charge on any atom is -0.472 e. The predicted octanol–water partition coefficient (Wildman–Crippen LogP) is 2.50. The molecule has 1 aliphatic heterocycles. The highest BCUT2D eigenvalue weighted by Gasteiger charge is 2.25. The van der Waals surface area contributed by atoms with Gasteiger partial charge in [-0.3, -0.25) is 0 Å². The summed E-state index contributed by atoms with van der Waals surface area (Å²) in [6.45, 7) is 0.827. The van der Waals surface area contributed by atoms with Crippen LogP contribution < -0.4 is 4.74 Å². The van der Waals surface area contributed by atoms with Gasteiger partial charge in [-0.2, -0.15) is 0 Å². The fraction of sp³-hybridized carbons (Fsp3) is 0.455. The first kappa shape index (κ1) is 13.1. The molecular formula is C11H12BrFN2O3. The van der Waals surface area contributed by atoms with Gasteiger partial charge in [0.15, 0.2) is 0 Å². The molecule has 0 saturated carbocycles. The molecule has 1 unspecified atom stereocenters. The van der Waals surface area contributed by atoms with Crippen molar-refractivity contribution in [3.05, 3.63) is 22.6 Å². The second kappa shape index (κ2) is 5.51. The molecule has 1 aromatic heterocycles. The van der Waals surface area contributed by atoms with E-state index in [4.69, 9.17) is 9.84 Å². The summed E-state index contributed by atoms with van der Waals surface area (Å²) >= 11 is 3.16. The second-order valence-corrected chi connectivity index (χ2v) is 4.91. The largest absolute Gasteiger partial charge is 0.472 e. The van der Waals surface area contributed by atoms with E-state index >= 15 is 0 Å². The number of likely N-dealkylation sites (tertiary alicyclic amines) is 1. The van der Waals surface area contributed by atoms with Gasteiger partial charge in [-0.1, -0.05) is 0 Å². The maximum absolute atomic E-state index is 12.9. The lowest BCUT2D eigenvalue weighted by molar-refractivity contribution is 0.0762. The van der Waals surface area contributed by atoms with E-state index in [-0.39, 0.29) is 12.0 Å². The Kier molecular flexibility index (Phi) is 4.00. The van der Waals surface area contributed by atoms with Crippen molar-refractivity contribution in [1.29, 1.82) is 0 Å². The third-order valence-electron chi connectivity index (χ3n) is 2.70. The topological polar surface area (TPSA) is 62.7 Å². The molecule has 0 radical (unpaired) electrons. The van der Waals surface area contributed by atoms with Crippen LogP contribution in [-0.2, 0) is 0 Å². The van der Waals surface area contributed by atoms with Crippen LogP contribution >= 0.6 is 15.9 Å². The molecule has 5 nitrogen and oxygen atoms in total. The number of carboxylic acid groups (broad SMARTS) is 1. The third kappa shape index (κ3) is 3.10. The molecule has 0 spiro atoms. The number of carbonyl (C=O) groups is 1. The average molecular weight is 319 g/mol. The van der Waals surface area contributed by atoms with Gasteiger partial charge in [0.2, 0.25) is 5.88 Å². The molecule has 1 N–H and O–H groups in total. The number of halogens is 2. The first-order valence-corrected chi connectivity index (χ1v) is 6.31. The molecule has 1 saturated heterocycles. The number of nitrogens with zero attached hydrogens (tertiary/aromatic N) is 2. The lowest BCUT2D eigenvalue weighted by atomic mass is 10.1. The Hall–Kier alpha value is -1.37. The first-order chi connectivity index (χ1) is 8.56. The zero-order valence-electron chi connectivity index (χ0n) is 9.47. The summed E-state index contributed by atoms with van der Waals surface area (Å²) in [6, 6.07) is 1.26. The zero-order valence-corrected chi connectivity index (χ0v) is 11.1. The van der Waals surface area contributed by atoms with Crippen LogP contribution in [0.25, 0.3) is 0 Å². The molecule has 1 amide bonds. The number of aromatic nitrogens is 1. The fourth-order valence-electron chi connectivity index (χ4n) is 1.85. The van der Waals surface area contributed by atoms with E-state index < -0.39 is 11.9 Å². The molecule has 1 fully saturated rings. The first-order valence-electron chi connectivity index (χ1n) is 5.52. The molecule has 18 heavy (non-hydrogen) atoms. The highest BCUT2D eigenvalue weighted by molar-refractivity contribution is 9.10. The van der Waals surface area contributed by atoms with Gasteiger partial charge in [0.1, 0.15) is 11.9 Å². The molecule has 7 heteroatoms.